The number of pyridine rings is 1. The number of amides is 1. The second-order valence-corrected chi connectivity index (χ2v) is 3.70. The molecule has 0 fully saturated rings. The second kappa shape index (κ2) is 6.98. The van der Waals surface area contributed by atoms with E-state index in [0.717, 1.165) is 5.69 Å². The third-order valence-electron chi connectivity index (χ3n) is 2.39. The number of aliphatic hydroxyl groups is 1. The van der Waals surface area contributed by atoms with Gasteiger partial charge in [-0.2, -0.15) is 0 Å². The van der Waals surface area contributed by atoms with Gasteiger partial charge in [0.1, 0.15) is 0 Å². The van der Waals surface area contributed by atoms with Crippen molar-refractivity contribution in [3.8, 4) is 0 Å². The summed E-state index contributed by atoms with van der Waals surface area (Å²) in [5, 5.41) is 8.54. The third kappa shape index (κ3) is 4.13. The Hall–Kier alpha value is -1.46. The highest BCUT2D eigenvalue weighted by Gasteiger charge is 2.13. The monoisotopic (exact) mass is 238 g/mol. The Balaban J connectivity index is 2.49. The molecule has 0 radical (unpaired) electrons. The number of nitrogens with zero attached hydrogens (tertiary/aromatic N) is 2. The molecule has 5 heteroatoms. The molecule has 1 rings (SSSR count). The Morgan fingerprint density at radius 2 is 2.29 bits per heavy atom. The van der Waals surface area contributed by atoms with Gasteiger partial charge in [-0.1, -0.05) is 0 Å². The molecule has 0 bridgehead atoms. The van der Waals surface area contributed by atoms with Crippen molar-refractivity contribution in [3.05, 3.63) is 29.6 Å². The Morgan fingerprint density at radius 3 is 2.94 bits per heavy atom. The van der Waals surface area contributed by atoms with Crippen LogP contribution >= 0.6 is 0 Å². The van der Waals surface area contributed by atoms with E-state index in [2.05, 4.69) is 4.98 Å². The lowest BCUT2D eigenvalue weighted by Gasteiger charge is -2.17. The summed E-state index contributed by atoms with van der Waals surface area (Å²) < 4.78 is 5.11. The fourth-order valence-electron chi connectivity index (χ4n) is 1.39. The fraction of sp³-hybridized carbons (Fsp3) is 0.500. The van der Waals surface area contributed by atoms with Crippen molar-refractivity contribution in [1.82, 2.24) is 9.88 Å². The third-order valence-corrected chi connectivity index (χ3v) is 2.39. The summed E-state index contributed by atoms with van der Waals surface area (Å²) in [5.74, 6) is -0.0665. The van der Waals surface area contributed by atoms with Gasteiger partial charge in [-0.3, -0.25) is 9.78 Å². The molecule has 0 aliphatic heterocycles. The molecular weight excluding hydrogens is 220 g/mol. The maximum absolute atomic E-state index is 12.0. The highest BCUT2D eigenvalue weighted by Crippen LogP contribution is 2.06. The number of rotatable bonds is 6. The van der Waals surface area contributed by atoms with Gasteiger partial charge in [0.2, 0.25) is 0 Å². The number of aromatic nitrogens is 1. The van der Waals surface area contributed by atoms with Crippen molar-refractivity contribution in [2.24, 2.45) is 0 Å². The van der Waals surface area contributed by atoms with Crippen molar-refractivity contribution >= 4 is 5.91 Å². The highest BCUT2D eigenvalue weighted by molar-refractivity contribution is 5.94. The molecule has 0 aliphatic carbocycles. The number of hydrogen-bond acceptors (Lipinski definition) is 4. The lowest BCUT2D eigenvalue weighted by atomic mass is 10.2. The van der Waals surface area contributed by atoms with E-state index in [1.807, 2.05) is 6.92 Å². The molecule has 94 valence electrons. The number of aliphatic hydroxyl groups excluding tert-OH is 1. The predicted molar refractivity (Wildman–Crippen MR) is 63.8 cm³/mol. The van der Waals surface area contributed by atoms with Gasteiger partial charge in [0.25, 0.3) is 5.91 Å². The lowest BCUT2D eigenvalue weighted by molar-refractivity contribution is 0.0617. The quantitative estimate of drug-likeness (QED) is 0.732. The summed E-state index contributed by atoms with van der Waals surface area (Å²) >= 11 is 0. The standard InChI is InChI=1S/C12H18N2O3/c1-10-11(4-3-5-13-10)12(16)14(2)6-8-17-9-7-15/h3-5,15H,6-9H2,1-2H3. The van der Waals surface area contributed by atoms with Gasteiger partial charge in [-0.05, 0) is 19.1 Å². The number of likely N-dealkylation sites (N-methyl/N-ethyl adjacent to an activating group) is 1. The molecule has 1 amide bonds. The van der Waals surface area contributed by atoms with Crippen LogP contribution in [0.2, 0.25) is 0 Å². The molecule has 1 heterocycles. The summed E-state index contributed by atoms with van der Waals surface area (Å²) in [7, 11) is 1.72. The van der Waals surface area contributed by atoms with Crippen LogP contribution in [0.3, 0.4) is 0 Å². The van der Waals surface area contributed by atoms with Gasteiger partial charge in [0, 0.05) is 25.5 Å². The van der Waals surface area contributed by atoms with E-state index < -0.39 is 0 Å². The Labute approximate surface area is 101 Å². The van der Waals surface area contributed by atoms with E-state index in [1.165, 1.54) is 0 Å². The number of aryl methyl sites for hydroxylation is 1. The van der Waals surface area contributed by atoms with Crippen molar-refractivity contribution in [3.63, 3.8) is 0 Å². The van der Waals surface area contributed by atoms with E-state index in [9.17, 15) is 4.79 Å². The first kappa shape index (κ1) is 13.6. The number of carbonyl (C=O) groups excluding carboxylic acids is 1. The molecule has 17 heavy (non-hydrogen) atoms. The smallest absolute Gasteiger partial charge is 0.255 e. The summed E-state index contributed by atoms with van der Waals surface area (Å²) in [6.07, 6.45) is 1.66. The normalized spacial score (nSPS) is 10.3. The van der Waals surface area contributed by atoms with Crippen molar-refractivity contribution in [2.75, 3.05) is 33.4 Å². The van der Waals surface area contributed by atoms with Crippen LogP contribution in [-0.2, 0) is 4.74 Å². The van der Waals surface area contributed by atoms with Gasteiger partial charge in [0.05, 0.1) is 25.4 Å². The number of hydrogen-bond donors (Lipinski definition) is 1. The van der Waals surface area contributed by atoms with Crippen LogP contribution in [0.1, 0.15) is 16.1 Å². The zero-order chi connectivity index (χ0) is 12.7. The molecule has 0 atom stereocenters. The van der Waals surface area contributed by atoms with E-state index >= 15 is 0 Å². The van der Waals surface area contributed by atoms with Crippen molar-refractivity contribution in [2.45, 2.75) is 6.92 Å². The average molecular weight is 238 g/mol. The van der Waals surface area contributed by atoms with Gasteiger partial charge in [0.15, 0.2) is 0 Å². The highest BCUT2D eigenvalue weighted by atomic mass is 16.5. The van der Waals surface area contributed by atoms with Gasteiger partial charge in [-0.25, -0.2) is 0 Å². The van der Waals surface area contributed by atoms with Crippen LogP contribution < -0.4 is 0 Å². The summed E-state index contributed by atoms with van der Waals surface area (Å²) in [6.45, 7) is 3.02. The largest absolute Gasteiger partial charge is 0.394 e. The van der Waals surface area contributed by atoms with Gasteiger partial charge < -0.3 is 14.7 Å². The second-order valence-electron chi connectivity index (χ2n) is 3.70. The molecule has 1 N–H and O–H groups in total. The molecule has 0 aromatic carbocycles. The van der Waals surface area contributed by atoms with Crippen LogP contribution in [0.5, 0.6) is 0 Å². The van der Waals surface area contributed by atoms with Crippen LogP contribution in [-0.4, -0.2) is 54.3 Å². The Morgan fingerprint density at radius 1 is 1.53 bits per heavy atom. The molecule has 0 saturated heterocycles. The molecular formula is C12H18N2O3. The van der Waals surface area contributed by atoms with E-state index in [-0.39, 0.29) is 12.5 Å². The molecule has 1 aromatic rings. The first-order valence-electron chi connectivity index (χ1n) is 5.52. The van der Waals surface area contributed by atoms with Crippen LogP contribution in [0.4, 0.5) is 0 Å². The molecule has 1 aromatic heterocycles. The minimum absolute atomic E-state index is 0.000621. The number of carbonyl (C=O) groups is 1. The average Bonchev–Trinajstić information content (AvgIpc) is 2.34. The zero-order valence-electron chi connectivity index (χ0n) is 10.2. The van der Waals surface area contributed by atoms with Crippen LogP contribution in [0.15, 0.2) is 18.3 Å². The predicted octanol–water partition coefficient (Wildman–Crippen LogP) is 0.471. The summed E-state index contributed by atoms with van der Waals surface area (Å²) in [6, 6.07) is 3.51. The molecule has 5 nitrogen and oxygen atoms in total. The summed E-state index contributed by atoms with van der Waals surface area (Å²) in [4.78, 5) is 17.7. The maximum atomic E-state index is 12.0. The van der Waals surface area contributed by atoms with Gasteiger partial charge >= 0.3 is 0 Å². The van der Waals surface area contributed by atoms with Gasteiger partial charge in [-0.15, -0.1) is 0 Å². The lowest BCUT2D eigenvalue weighted by Crippen LogP contribution is -2.31. The Bertz CT molecular complexity index is 369. The maximum Gasteiger partial charge on any atom is 0.255 e. The molecule has 0 spiro atoms. The molecule has 0 aliphatic rings. The molecule has 0 saturated carbocycles. The van der Waals surface area contributed by atoms with Crippen molar-refractivity contribution < 1.29 is 14.6 Å². The fourth-order valence-corrected chi connectivity index (χ4v) is 1.39. The first-order chi connectivity index (χ1) is 8.16. The van der Waals surface area contributed by atoms with Crippen molar-refractivity contribution in [1.29, 1.82) is 0 Å². The first-order valence-corrected chi connectivity index (χ1v) is 5.52. The minimum Gasteiger partial charge on any atom is -0.394 e. The topological polar surface area (TPSA) is 62.7 Å². The Kier molecular flexibility index (Phi) is 5.59. The van der Waals surface area contributed by atoms with E-state index in [4.69, 9.17) is 9.84 Å². The van der Waals surface area contributed by atoms with E-state index in [1.54, 1.807) is 30.3 Å². The summed E-state index contributed by atoms with van der Waals surface area (Å²) in [5.41, 5.74) is 1.33. The SMILES string of the molecule is Cc1ncccc1C(=O)N(C)CCOCCO. The number of ether oxygens (including phenoxy) is 1. The molecule has 0 unspecified atom stereocenters. The minimum atomic E-state index is -0.0665. The van der Waals surface area contributed by atoms with E-state index in [0.29, 0.717) is 25.3 Å². The van der Waals surface area contributed by atoms with Crippen LogP contribution in [0, 0.1) is 6.92 Å². The zero-order valence-corrected chi connectivity index (χ0v) is 10.2. The van der Waals surface area contributed by atoms with Crippen LogP contribution in [0.25, 0.3) is 0 Å².